The van der Waals surface area contributed by atoms with Crippen LogP contribution in [0.15, 0.2) is 0 Å². The van der Waals surface area contributed by atoms with Crippen LogP contribution in [-0.4, -0.2) is 28.1 Å². The van der Waals surface area contributed by atoms with Gasteiger partial charge in [0.2, 0.25) is 11.9 Å². The van der Waals surface area contributed by atoms with Gasteiger partial charge < -0.3 is 10.1 Å². The summed E-state index contributed by atoms with van der Waals surface area (Å²) in [6.45, 7) is 5.47. The first-order valence-electron chi connectivity index (χ1n) is 6.31. The van der Waals surface area contributed by atoms with Gasteiger partial charge in [0, 0.05) is 6.54 Å². The Bertz CT molecular complexity index is 407. The highest BCUT2D eigenvalue weighted by atomic mass is 16.5. The molecule has 1 fully saturated rings. The molecule has 0 radical (unpaired) electrons. The number of hydrazine groups is 1. The van der Waals surface area contributed by atoms with Gasteiger partial charge in [-0.3, -0.25) is 5.43 Å². The van der Waals surface area contributed by atoms with Crippen molar-refractivity contribution in [3.63, 3.8) is 0 Å². The van der Waals surface area contributed by atoms with E-state index in [0.717, 1.165) is 6.54 Å². The molecule has 0 amide bonds. The molecule has 1 heterocycles. The minimum Gasteiger partial charge on any atom is -0.464 e. The molecule has 0 aliphatic heterocycles. The summed E-state index contributed by atoms with van der Waals surface area (Å²) in [5, 5.41) is 3.23. The summed E-state index contributed by atoms with van der Waals surface area (Å²) < 4.78 is 5.27. The zero-order chi connectivity index (χ0) is 13.0. The Morgan fingerprint density at radius 1 is 1.22 bits per heavy atom. The molecule has 4 N–H and O–H groups in total. The highest BCUT2D eigenvalue weighted by molar-refractivity contribution is 5.35. The quantitative estimate of drug-likeness (QED) is 0.494. The van der Waals surface area contributed by atoms with Gasteiger partial charge in [-0.15, -0.1) is 0 Å². The van der Waals surface area contributed by atoms with E-state index in [0.29, 0.717) is 23.9 Å². The third-order valence-corrected chi connectivity index (χ3v) is 3.35. The lowest BCUT2D eigenvalue weighted by Crippen LogP contribution is -2.18. The second-order valence-corrected chi connectivity index (χ2v) is 4.55. The third-order valence-electron chi connectivity index (χ3n) is 3.35. The maximum atomic E-state index is 5.32. The summed E-state index contributed by atoms with van der Waals surface area (Å²) in [6, 6.07) is 0.282. The van der Waals surface area contributed by atoms with E-state index in [1.807, 2.05) is 6.92 Å². The number of nitrogen functional groups attached to an aromatic ring is 1. The summed E-state index contributed by atoms with van der Waals surface area (Å²) >= 11 is 0. The highest BCUT2D eigenvalue weighted by Crippen LogP contribution is 2.48. The normalized spacial score (nSPS) is 16.2. The molecule has 100 valence electrons. The molecule has 0 atom stereocenters. The lowest BCUT2D eigenvalue weighted by Gasteiger charge is -2.14. The van der Waals surface area contributed by atoms with Crippen molar-refractivity contribution in [3.05, 3.63) is 0 Å². The van der Waals surface area contributed by atoms with E-state index in [4.69, 9.17) is 10.6 Å². The number of ether oxygens (including phenoxy) is 1. The van der Waals surface area contributed by atoms with E-state index in [-0.39, 0.29) is 6.01 Å². The average molecular weight is 252 g/mol. The molecule has 0 bridgehead atoms. The molecule has 1 aromatic rings. The fourth-order valence-corrected chi connectivity index (χ4v) is 1.79. The number of anilines is 2. The van der Waals surface area contributed by atoms with Gasteiger partial charge in [0.05, 0.1) is 6.61 Å². The number of hydrogen-bond acceptors (Lipinski definition) is 7. The van der Waals surface area contributed by atoms with Crippen LogP contribution in [0.1, 0.15) is 33.1 Å². The SMILES string of the molecule is CCOc1nc(NN)nc(NCC2(CC)CC2)n1. The van der Waals surface area contributed by atoms with Crippen molar-refractivity contribution in [3.8, 4) is 6.01 Å². The van der Waals surface area contributed by atoms with Crippen LogP contribution in [0.4, 0.5) is 11.9 Å². The van der Waals surface area contributed by atoms with E-state index in [2.05, 4.69) is 32.6 Å². The standard InChI is InChI=1S/C11H20N6O/c1-3-11(5-6-11)7-13-8-14-9(17-12)16-10(15-8)18-4-2/h3-7,12H2,1-2H3,(H2,13,14,15,16,17). The molecule has 1 aromatic heterocycles. The van der Waals surface area contributed by atoms with Gasteiger partial charge in [-0.25, -0.2) is 5.84 Å². The number of nitrogens with one attached hydrogen (secondary N) is 2. The fraction of sp³-hybridized carbons (Fsp3) is 0.727. The maximum absolute atomic E-state index is 5.32. The van der Waals surface area contributed by atoms with Gasteiger partial charge in [0.1, 0.15) is 0 Å². The van der Waals surface area contributed by atoms with Gasteiger partial charge >= 0.3 is 6.01 Å². The van der Waals surface area contributed by atoms with Gasteiger partial charge in [0.25, 0.3) is 0 Å². The van der Waals surface area contributed by atoms with Crippen molar-refractivity contribution >= 4 is 11.9 Å². The molecule has 1 aliphatic carbocycles. The molecular weight excluding hydrogens is 232 g/mol. The number of nitrogens with zero attached hydrogens (tertiary/aromatic N) is 3. The molecule has 1 saturated carbocycles. The van der Waals surface area contributed by atoms with Crippen LogP contribution in [0.3, 0.4) is 0 Å². The second-order valence-electron chi connectivity index (χ2n) is 4.55. The molecule has 0 aromatic carbocycles. The van der Waals surface area contributed by atoms with Crippen molar-refractivity contribution < 1.29 is 4.74 Å². The van der Waals surface area contributed by atoms with Crippen LogP contribution in [0.25, 0.3) is 0 Å². The Morgan fingerprint density at radius 3 is 2.50 bits per heavy atom. The van der Waals surface area contributed by atoms with E-state index in [9.17, 15) is 0 Å². The van der Waals surface area contributed by atoms with Crippen LogP contribution < -0.4 is 21.3 Å². The Hall–Kier alpha value is -1.63. The monoisotopic (exact) mass is 252 g/mol. The Labute approximate surface area is 107 Å². The summed E-state index contributed by atoms with van der Waals surface area (Å²) in [6.07, 6.45) is 3.70. The van der Waals surface area contributed by atoms with Gasteiger partial charge in [-0.05, 0) is 31.6 Å². The molecule has 2 rings (SSSR count). The van der Waals surface area contributed by atoms with Crippen molar-refractivity contribution in [2.24, 2.45) is 11.3 Å². The molecule has 1 aliphatic rings. The highest BCUT2D eigenvalue weighted by Gasteiger charge is 2.40. The molecule has 0 spiro atoms. The maximum Gasteiger partial charge on any atom is 0.323 e. The molecular formula is C11H20N6O. The summed E-state index contributed by atoms with van der Waals surface area (Å²) in [7, 11) is 0. The van der Waals surface area contributed by atoms with Crippen LogP contribution in [0, 0.1) is 5.41 Å². The number of hydrogen-bond donors (Lipinski definition) is 3. The van der Waals surface area contributed by atoms with Crippen molar-refractivity contribution in [2.75, 3.05) is 23.9 Å². The van der Waals surface area contributed by atoms with Crippen LogP contribution in [0.5, 0.6) is 6.01 Å². The zero-order valence-electron chi connectivity index (χ0n) is 10.9. The lowest BCUT2D eigenvalue weighted by molar-refractivity contribution is 0.312. The first kappa shape index (κ1) is 12.8. The smallest absolute Gasteiger partial charge is 0.323 e. The average Bonchev–Trinajstić information content (AvgIpc) is 3.17. The molecule has 18 heavy (non-hydrogen) atoms. The van der Waals surface area contributed by atoms with Gasteiger partial charge in [0.15, 0.2) is 0 Å². The minimum absolute atomic E-state index is 0.282. The van der Waals surface area contributed by atoms with Gasteiger partial charge in [-0.1, -0.05) is 6.92 Å². The first-order valence-corrected chi connectivity index (χ1v) is 6.31. The van der Waals surface area contributed by atoms with Crippen LogP contribution >= 0.6 is 0 Å². The molecule has 0 unspecified atom stereocenters. The zero-order valence-corrected chi connectivity index (χ0v) is 10.9. The summed E-state index contributed by atoms with van der Waals surface area (Å²) in [5.74, 6) is 6.12. The fourth-order valence-electron chi connectivity index (χ4n) is 1.79. The second kappa shape index (κ2) is 5.34. The van der Waals surface area contributed by atoms with E-state index >= 15 is 0 Å². The van der Waals surface area contributed by atoms with Gasteiger partial charge in [-0.2, -0.15) is 15.0 Å². The Morgan fingerprint density at radius 2 is 1.94 bits per heavy atom. The van der Waals surface area contributed by atoms with Crippen molar-refractivity contribution in [2.45, 2.75) is 33.1 Å². The number of nitrogens with two attached hydrogens (primary N) is 1. The Balaban J connectivity index is 2.04. The van der Waals surface area contributed by atoms with E-state index in [1.54, 1.807) is 0 Å². The number of aromatic nitrogens is 3. The lowest BCUT2D eigenvalue weighted by atomic mass is 10.0. The molecule has 0 saturated heterocycles. The Kier molecular flexibility index (Phi) is 3.81. The van der Waals surface area contributed by atoms with Crippen molar-refractivity contribution in [1.82, 2.24) is 15.0 Å². The molecule has 7 nitrogen and oxygen atoms in total. The number of rotatable bonds is 7. The predicted octanol–water partition coefficient (Wildman–Crippen LogP) is 1.16. The molecule has 7 heteroatoms. The van der Waals surface area contributed by atoms with E-state index < -0.39 is 0 Å². The largest absolute Gasteiger partial charge is 0.464 e. The predicted molar refractivity (Wildman–Crippen MR) is 69.3 cm³/mol. The van der Waals surface area contributed by atoms with Crippen LogP contribution in [-0.2, 0) is 0 Å². The minimum atomic E-state index is 0.282. The van der Waals surface area contributed by atoms with Crippen molar-refractivity contribution in [1.29, 1.82) is 0 Å². The third kappa shape index (κ3) is 2.98. The first-order chi connectivity index (χ1) is 8.71. The summed E-state index contributed by atoms with van der Waals surface area (Å²) in [5.41, 5.74) is 2.84. The summed E-state index contributed by atoms with van der Waals surface area (Å²) in [4.78, 5) is 12.3. The van der Waals surface area contributed by atoms with Crippen LogP contribution in [0.2, 0.25) is 0 Å². The topological polar surface area (TPSA) is 98.0 Å². The van der Waals surface area contributed by atoms with E-state index in [1.165, 1.54) is 19.3 Å².